The zero-order valence-electron chi connectivity index (χ0n) is 14.8. The fraction of sp³-hybridized carbons (Fsp3) is 0.158. The monoisotopic (exact) mass is 349 g/mol. The fourth-order valence-electron chi connectivity index (χ4n) is 2.32. The molecule has 0 fully saturated rings. The Morgan fingerprint density at radius 2 is 1.81 bits per heavy atom. The van der Waals surface area contributed by atoms with Gasteiger partial charge in [0, 0.05) is 29.5 Å². The minimum absolute atomic E-state index is 0.191. The van der Waals surface area contributed by atoms with Gasteiger partial charge in [0.2, 0.25) is 5.88 Å². The van der Waals surface area contributed by atoms with Crippen molar-refractivity contribution in [3.8, 4) is 5.88 Å². The molecule has 0 aliphatic rings. The number of anilines is 3. The average Bonchev–Trinajstić information content (AvgIpc) is 2.59. The minimum atomic E-state index is -0.625. The van der Waals surface area contributed by atoms with Gasteiger partial charge in [-0.3, -0.25) is 15.3 Å². The standard InChI is InChI=1S/C19H19N5O2/c1-12-6-7-17(24-16-5-4-9-21-14(16)3)18(22-12)26-19(25)23-15-8-10-20-13(2)11-15/h4-11,24H,1-3H3,(H,20,23,25). The lowest BCUT2D eigenvalue weighted by Gasteiger charge is -2.13. The highest BCUT2D eigenvalue weighted by molar-refractivity contribution is 5.87. The van der Waals surface area contributed by atoms with Crippen molar-refractivity contribution in [2.45, 2.75) is 20.8 Å². The van der Waals surface area contributed by atoms with Crippen LogP contribution in [0.5, 0.6) is 5.88 Å². The van der Waals surface area contributed by atoms with E-state index in [0.717, 1.165) is 22.8 Å². The number of amides is 1. The molecule has 0 spiro atoms. The second-order valence-electron chi connectivity index (χ2n) is 5.77. The highest BCUT2D eigenvalue weighted by Crippen LogP contribution is 2.27. The first-order chi connectivity index (χ1) is 12.5. The van der Waals surface area contributed by atoms with E-state index in [0.29, 0.717) is 11.4 Å². The highest BCUT2D eigenvalue weighted by atomic mass is 16.6. The molecule has 26 heavy (non-hydrogen) atoms. The van der Waals surface area contributed by atoms with Crippen LogP contribution in [0.4, 0.5) is 21.9 Å². The van der Waals surface area contributed by atoms with E-state index in [1.165, 1.54) is 0 Å². The molecule has 0 saturated carbocycles. The van der Waals surface area contributed by atoms with Crippen LogP contribution in [-0.4, -0.2) is 21.0 Å². The smallest absolute Gasteiger partial charge is 0.389 e. The van der Waals surface area contributed by atoms with Crippen molar-refractivity contribution in [3.05, 3.63) is 65.9 Å². The number of hydrogen-bond donors (Lipinski definition) is 2. The van der Waals surface area contributed by atoms with Gasteiger partial charge in [-0.15, -0.1) is 0 Å². The maximum atomic E-state index is 12.2. The summed E-state index contributed by atoms with van der Waals surface area (Å²) < 4.78 is 5.42. The second kappa shape index (κ2) is 7.60. The Hall–Kier alpha value is -3.48. The third-order valence-electron chi connectivity index (χ3n) is 3.61. The van der Waals surface area contributed by atoms with Crippen LogP contribution in [0.15, 0.2) is 48.8 Å². The molecule has 3 rings (SSSR count). The van der Waals surface area contributed by atoms with Crippen LogP contribution < -0.4 is 15.4 Å². The number of ether oxygens (including phenoxy) is 1. The predicted octanol–water partition coefficient (Wildman–Crippen LogP) is 4.15. The molecule has 0 radical (unpaired) electrons. The van der Waals surface area contributed by atoms with Gasteiger partial charge in [0.1, 0.15) is 5.69 Å². The largest absolute Gasteiger partial charge is 0.418 e. The average molecular weight is 349 g/mol. The van der Waals surface area contributed by atoms with E-state index >= 15 is 0 Å². The van der Waals surface area contributed by atoms with Gasteiger partial charge in [0.05, 0.1) is 11.4 Å². The molecule has 0 atom stereocenters. The number of hydrogen-bond acceptors (Lipinski definition) is 6. The predicted molar refractivity (Wildman–Crippen MR) is 99.9 cm³/mol. The summed E-state index contributed by atoms with van der Waals surface area (Å²) in [6.07, 6.45) is 2.71. The minimum Gasteiger partial charge on any atom is -0.389 e. The van der Waals surface area contributed by atoms with E-state index in [1.54, 1.807) is 24.5 Å². The van der Waals surface area contributed by atoms with E-state index in [1.807, 2.05) is 45.0 Å². The van der Waals surface area contributed by atoms with E-state index in [2.05, 4.69) is 25.6 Å². The lowest BCUT2D eigenvalue weighted by atomic mass is 10.3. The molecule has 0 unspecified atom stereocenters. The molecule has 3 heterocycles. The van der Waals surface area contributed by atoms with Crippen LogP contribution in [0.25, 0.3) is 0 Å². The zero-order chi connectivity index (χ0) is 18.5. The summed E-state index contributed by atoms with van der Waals surface area (Å²) >= 11 is 0. The van der Waals surface area contributed by atoms with Gasteiger partial charge in [-0.05, 0) is 57.2 Å². The Balaban J connectivity index is 1.79. The molecule has 7 nitrogen and oxygen atoms in total. The first-order valence-corrected chi connectivity index (χ1v) is 8.09. The molecule has 3 aromatic rings. The molecule has 0 aliphatic carbocycles. The normalized spacial score (nSPS) is 10.3. The van der Waals surface area contributed by atoms with Crippen LogP contribution in [0.1, 0.15) is 17.1 Å². The molecule has 0 bridgehead atoms. The van der Waals surface area contributed by atoms with Crippen LogP contribution in [-0.2, 0) is 0 Å². The first-order valence-electron chi connectivity index (χ1n) is 8.09. The SMILES string of the molecule is Cc1cc(NC(=O)Oc2nc(C)ccc2Nc2cccnc2C)ccn1. The summed E-state index contributed by atoms with van der Waals surface area (Å²) in [7, 11) is 0. The van der Waals surface area contributed by atoms with Crippen molar-refractivity contribution >= 4 is 23.2 Å². The highest BCUT2D eigenvalue weighted by Gasteiger charge is 2.13. The molecule has 1 amide bonds. The second-order valence-corrected chi connectivity index (χ2v) is 5.77. The van der Waals surface area contributed by atoms with Crippen molar-refractivity contribution < 1.29 is 9.53 Å². The molecular weight excluding hydrogens is 330 g/mol. The van der Waals surface area contributed by atoms with Crippen molar-refractivity contribution in [2.75, 3.05) is 10.6 Å². The van der Waals surface area contributed by atoms with Gasteiger partial charge in [0.15, 0.2) is 0 Å². The Labute approximate surface area is 151 Å². The maximum Gasteiger partial charge on any atom is 0.418 e. The summed E-state index contributed by atoms with van der Waals surface area (Å²) in [5.74, 6) is 0.191. The van der Waals surface area contributed by atoms with E-state index in [9.17, 15) is 4.79 Å². The molecule has 3 aromatic heterocycles. The number of aryl methyl sites for hydroxylation is 3. The molecule has 0 saturated heterocycles. The van der Waals surface area contributed by atoms with E-state index in [4.69, 9.17) is 4.74 Å². The lowest BCUT2D eigenvalue weighted by molar-refractivity contribution is 0.213. The number of nitrogens with zero attached hydrogens (tertiary/aromatic N) is 3. The number of nitrogens with one attached hydrogen (secondary N) is 2. The van der Waals surface area contributed by atoms with Gasteiger partial charge in [-0.25, -0.2) is 9.78 Å². The van der Waals surface area contributed by atoms with Crippen molar-refractivity contribution in [2.24, 2.45) is 0 Å². The van der Waals surface area contributed by atoms with Crippen molar-refractivity contribution in [1.29, 1.82) is 0 Å². The third-order valence-corrected chi connectivity index (χ3v) is 3.61. The van der Waals surface area contributed by atoms with Gasteiger partial charge in [-0.2, -0.15) is 0 Å². The number of carbonyl (C=O) groups is 1. The molecule has 7 heteroatoms. The van der Waals surface area contributed by atoms with Gasteiger partial charge >= 0.3 is 6.09 Å². The van der Waals surface area contributed by atoms with Gasteiger partial charge in [-0.1, -0.05) is 0 Å². The summed E-state index contributed by atoms with van der Waals surface area (Å²) in [6, 6.07) is 10.8. The third kappa shape index (κ3) is 4.32. The fourth-order valence-corrected chi connectivity index (χ4v) is 2.32. The summed E-state index contributed by atoms with van der Waals surface area (Å²) in [6.45, 7) is 5.57. The summed E-state index contributed by atoms with van der Waals surface area (Å²) in [5.41, 5.74) is 4.36. The topological polar surface area (TPSA) is 89.0 Å². The molecule has 2 N–H and O–H groups in total. The van der Waals surface area contributed by atoms with Crippen molar-refractivity contribution in [3.63, 3.8) is 0 Å². The van der Waals surface area contributed by atoms with Gasteiger partial charge < -0.3 is 10.1 Å². The molecule has 132 valence electrons. The first kappa shape index (κ1) is 17.3. The number of carbonyl (C=O) groups excluding carboxylic acids is 1. The summed E-state index contributed by atoms with van der Waals surface area (Å²) in [5, 5.41) is 5.88. The van der Waals surface area contributed by atoms with E-state index < -0.39 is 6.09 Å². The Kier molecular flexibility index (Phi) is 5.07. The molecular formula is C19H19N5O2. The van der Waals surface area contributed by atoms with Crippen LogP contribution in [0.3, 0.4) is 0 Å². The summed E-state index contributed by atoms with van der Waals surface area (Å²) in [4.78, 5) is 24.9. The van der Waals surface area contributed by atoms with Crippen LogP contribution in [0.2, 0.25) is 0 Å². The van der Waals surface area contributed by atoms with Crippen LogP contribution >= 0.6 is 0 Å². The van der Waals surface area contributed by atoms with Crippen LogP contribution in [0, 0.1) is 20.8 Å². The Morgan fingerprint density at radius 3 is 2.58 bits per heavy atom. The lowest BCUT2D eigenvalue weighted by Crippen LogP contribution is -2.18. The quantitative estimate of drug-likeness (QED) is 0.735. The van der Waals surface area contributed by atoms with E-state index in [-0.39, 0.29) is 5.88 Å². The number of aromatic nitrogens is 3. The zero-order valence-corrected chi connectivity index (χ0v) is 14.8. The molecule has 0 aromatic carbocycles. The Morgan fingerprint density at radius 1 is 0.962 bits per heavy atom. The number of pyridine rings is 3. The maximum absolute atomic E-state index is 12.2. The van der Waals surface area contributed by atoms with Gasteiger partial charge in [0.25, 0.3) is 0 Å². The number of rotatable bonds is 4. The van der Waals surface area contributed by atoms with Crippen molar-refractivity contribution in [1.82, 2.24) is 15.0 Å². The Bertz CT molecular complexity index is 943. The molecule has 0 aliphatic heterocycles.